The van der Waals surface area contributed by atoms with Gasteiger partial charge in [0.15, 0.2) is 10.9 Å². The quantitative estimate of drug-likeness (QED) is 0.567. The molecule has 0 aliphatic heterocycles. The van der Waals surface area contributed by atoms with Crippen LogP contribution in [0.5, 0.6) is 0 Å². The molecule has 3 rings (SSSR count). The van der Waals surface area contributed by atoms with E-state index >= 15 is 0 Å². The Kier molecular flexibility index (Phi) is 6.14. The van der Waals surface area contributed by atoms with E-state index in [9.17, 15) is 0 Å². The Balaban J connectivity index is 1.64. The standard InChI is InChI=1S/C19H18Cl2N4S/c1-13(14-7-3-2-4-8-14)22-19(26)23-18-17(21)12-25(24-18)11-15-9-5-6-10-16(15)20/h2-10,12-13H,11H2,1H3,(H2,22,23,24,26). The highest BCUT2D eigenvalue weighted by molar-refractivity contribution is 7.80. The molecule has 1 unspecified atom stereocenters. The maximum Gasteiger partial charge on any atom is 0.173 e. The molecule has 2 aromatic carbocycles. The van der Waals surface area contributed by atoms with Gasteiger partial charge in [-0.2, -0.15) is 5.10 Å². The van der Waals surface area contributed by atoms with Crippen LogP contribution in [0.25, 0.3) is 0 Å². The lowest BCUT2D eigenvalue weighted by molar-refractivity contribution is 0.689. The minimum absolute atomic E-state index is 0.0696. The second-order valence-electron chi connectivity index (χ2n) is 5.85. The van der Waals surface area contributed by atoms with Crippen LogP contribution in [-0.2, 0) is 6.54 Å². The molecule has 134 valence electrons. The number of nitrogens with one attached hydrogen (secondary N) is 2. The molecule has 2 N–H and O–H groups in total. The van der Waals surface area contributed by atoms with Crippen LogP contribution in [0.3, 0.4) is 0 Å². The third-order valence-corrected chi connectivity index (χ3v) is 4.75. The number of nitrogens with zero attached hydrogens (tertiary/aromatic N) is 2. The van der Waals surface area contributed by atoms with Gasteiger partial charge in [-0.1, -0.05) is 71.7 Å². The Morgan fingerprint density at radius 2 is 1.77 bits per heavy atom. The average Bonchev–Trinajstić information content (AvgIpc) is 2.96. The van der Waals surface area contributed by atoms with Gasteiger partial charge in [0, 0.05) is 11.2 Å². The number of hydrogen-bond donors (Lipinski definition) is 2. The normalized spacial score (nSPS) is 11.8. The molecule has 0 amide bonds. The van der Waals surface area contributed by atoms with Crippen molar-refractivity contribution in [3.05, 3.63) is 82.0 Å². The van der Waals surface area contributed by atoms with Gasteiger partial charge in [-0.05, 0) is 36.3 Å². The maximum absolute atomic E-state index is 6.28. The first kappa shape index (κ1) is 18.7. The number of rotatable bonds is 5. The molecule has 1 heterocycles. The summed E-state index contributed by atoms with van der Waals surface area (Å²) in [6.45, 7) is 2.57. The summed E-state index contributed by atoms with van der Waals surface area (Å²) in [6, 6.07) is 17.8. The van der Waals surface area contributed by atoms with Gasteiger partial charge in [0.05, 0.1) is 12.6 Å². The Morgan fingerprint density at radius 3 is 2.50 bits per heavy atom. The van der Waals surface area contributed by atoms with E-state index in [1.807, 2.05) is 61.5 Å². The van der Waals surface area contributed by atoms with Gasteiger partial charge in [-0.25, -0.2) is 0 Å². The number of aromatic nitrogens is 2. The number of halogens is 2. The Hall–Kier alpha value is -2.08. The fourth-order valence-electron chi connectivity index (χ4n) is 2.53. The van der Waals surface area contributed by atoms with Crippen LogP contribution in [0.4, 0.5) is 5.82 Å². The second-order valence-corrected chi connectivity index (χ2v) is 7.07. The number of anilines is 1. The molecule has 7 heteroatoms. The Labute approximate surface area is 168 Å². The minimum atomic E-state index is 0.0696. The fraction of sp³-hybridized carbons (Fsp3) is 0.158. The molecule has 0 bridgehead atoms. The van der Waals surface area contributed by atoms with Gasteiger partial charge in [-0.15, -0.1) is 0 Å². The van der Waals surface area contributed by atoms with E-state index in [2.05, 4.69) is 15.7 Å². The Bertz CT molecular complexity index is 896. The summed E-state index contributed by atoms with van der Waals surface area (Å²) in [5, 5.41) is 12.4. The van der Waals surface area contributed by atoms with Crippen LogP contribution in [0.1, 0.15) is 24.1 Å². The lowest BCUT2D eigenvalue weighted by Crippen LogP contribution is -2.31. The van der Waals surface area contributed by atoms with Crippen molar-refractivity contribution in [2.24, 2.45) is 0 Å². The largest absolute Gasteiger partial charge is 0.356 e. The van der Waals surface area contributed by atoms with Crippen molar-refractivity contribution in [3.8, 4) is 0 Å². The zero-order chi connectivity index (χ0) is 18.5. The SMILES string of the molecule is CC(NC(=S)Nc1nn(Cc2ccccc2Cl)cc1Cl)c1ccccc1. The molecule has 0 fully saturated rings. The average molecular weight is 405 g/mol. The number of thiocarbonyl (C=S) groups is 1. The van der Waals surface area contributed by atoms with Crippen molar-refractivity contribution in [1.82, 2.24) is 15.1 Å². The zero-order valence-electron chi connectivity index (χ0n) is 14.1. The summed E-state index contributed by atoms with van der Waals surface area (Å²) in [6.07, 6.45) is 1.75. The van der Waals surface area contributed by atoms with Gasteiger partial charge in [0.25, 0.3) is 0 Å². The van der Waals surface area contributed by atoms with Gasteiger partial charge < -0.3 is 10.6 Å². The predicted molar refractivity (Wildman–Crippen MR) is 112 cm³/mol. The summed E-state index contributed by atoms with van der Waals surface area (Å²) in [5.41, 5.74) is 2.12. The minimum Gasteiger partial charge on any atom is -0.356 e. The van der Waals surface area contributed by atoms with Crippen LogP contribution in [-0.4, -0.2) is 14.9 Å². The molecule has 0 saturated heterocycles. The van der Waals surface area contributed by atoms with E-state index < -0.39 is 0 Å². The van der Waals surface area contributed by atoms with E-state index in [-0.39, 0.29) is 6.04 Å². The summed E-state index contributed by atoms with van der Waals surface area (Å²) < 4.78 is 1.73. The smallest absolute Gasteiger partial charge is 0.173 e. The molecule has 0 aliphatic rings. The van der Waals surface area contributed by atoms with Crippen LogP contribution >= 0.6 is 35.4 Å². The van der Waals surface area contributed by atoms with Gasteiger partial charge in [0.2, 0.25) is 0 Å². The van der Waals surface area contributed by atoms with Crippen LogP contribution in [0, 0.1) is 0 Å². The van der Waals surface area contributed by atoms with Crippen LogP contribution < -0.4 is 10.6 Å². The first-order chi connectivity index (χ1) is 12.5. The molecule has 0 radical (unpaired) electrons. The predicted octanol–water partition coefficient (Wildman–Crippen LogP) is 5.29. The third-order valence-electron chi connectivity index (χ3n) is 3.89. The molecular weight excluding hydrogens is 387 g/mol. The lowest BCUT2D eigenvalue weighted by atomic mass is 10.1. The van der Waals surface area contributed by atoms with Crippen LogP contribution in [0.15, 0.2) is 60.8 Å². The summed E-state index contributed by atoms with van der Waals surface area (Å²) >= 11 is 17.9. The van der Waals surface area contributed by atoms with E-state index in [1.54, 1.807) is 10.9 Å². The summed E-state index contributed by atoms with van der Waals surface area (Å²) in [4.78, 5) is 0. The van der Waals surface area contributed by atoms with Gasteiger partial charge in [-0.3, -0.25) is 4.68 Å². The van der Waals surface area contributed by atoms with Crippen molar-refractivity contribution in [2.45, 2.75) is 19.5 Å². The van der Waals surface area contributed by atoms with Gasteiger partial charge >= 0.3 is 0 Å². The number of benzene rings is 2. The highest BCUT2D eigenvalue weighted by atomic mass is 35.5. The first-order valence-electron chi connectivity index (χ1n) is 8.12. The second kappa shape index (κ2) is 8.54. The van der Waals surface area contributed by atoms with Crippen molar-refractivity contribution in [3.63, 3.8) is 0 Å². The lowest BCUT2D eigenvalue weighted by Gasteiger charge is -2.16. The van der Waals surface area contributed by atoms with Crippen molar-refractivity contribution < 1.29 is 0 Å². The summed E-state index contributed by atoms with van der Waals surface area (Å²) in [5.74, 6) is 0.511. The molecule has 0 aliphatic carbocycles. The molecule has 0 spiro atoms. The highest BCUT2D eigenvalue weighted by Gasteiger charge is 2.12. The number of hydrogen-bond acceptors (Lipinski definition) is 2. The fourth-order valence-corrected chi connectivity index (χ4v) is 3.20. The molecule has 4 nitrogen and oxygen atoms in total. The van der Waals surface area contributed by atoms with E-state index in [0.29, 0.717) is 27.5 Å². The Morgan fingerprint density at radius 1 is 1.08 bits per heavy atom. The van der Waals surface area contributed by atoms with E-state index in [1.165, 1.54) is 0 Å². The first-order valence-corrected chi connectivity index (χ1v) is 9.28. The van der Waals surface area contributed by atoms with Crippen LogP contribution in [0.2, 0.25) is 10.0 Å². The van der Waals surface area contributed by atoms with Gasteiger partial charge in [0.1, 0.15) is 5.02 Å². The molecule has 26 heavy (non-hydrogen) atoms. The topological polar surface area (TPSA) is 41.9 Å². The van der Waals surface area contributed by atoms with Crippen molar-refractivity contribution >= 4 is 46.4 Å². The van der Waals surface area contributed by atoms with E-state index in [4.69, 9.17) is 35.4 Å². The molecule has 1 aromatic heterocycles. The van der Waals surface area contributed by atoms with Crippen molar-refractivity contribution in [1.29, 1.82) is 0 Å². The summed E-state index contributed by atoms with van der Waals surface area (Å²) in [7, 11) is 0. The molecule has 3 aromatic rings. The molecular formula is C19H18Cl2N4S. The monoisotopic (exact) mass is 404 g/mol. The third kappa shape index (κ3) is 4.75. The van der Waals surface area contributed by atoms with E-state index in [0.717, 1.165) is 11.1 Å². The maximum atomic E-state index is 6.28. The molecule has 1 atom stereocenters. The zero-order valence-corrected chi connectivity index (χ0v) is 16.4. The molecule has 0 saturated carbocycles. The highest BCUT2D eigenvalue weighted by Crippen LogP contribution is 2.22. The van der Waals surface area contributed by atoms with Crippen molar-refractivity contribution in [2.75, 3.05) is 5.32 Å².